The third kappa shape index (κ3) is 2.08. The topological polar surface area (TPSA) is 47.6 Å². The lowest BCUT2D eigenvalue weighted by atomic mass is 10.2. The minimum atomic E-state index is -1.11. The van der Waals surface area contributed by atoms with Crippen LogP contribution in [0.15, 0.2) is 0 Å². The van der Waals surface area contributed by atoms with Crippen LogP contribution in [-0.2, 0) is 0 Å². The lowest BCUT2D eigenvalue weighted by Gasteiger charge is -1.96. The van der Waals surface area contributed by atoms with Crippen LogP contribution < -0.4 is 0 Å². The van der Waals surface area contributed by atoms with E-state index >= 15 is 0 Å². The lowest BCUT2D eigenvalue weighted by molar-refractivity contribution is 1.04. The van der Waals surface area contributed by atoms with Gasteiger partial charge in [-0.05, 0) is 6.92 Å². The summed E-state index contributed by atoms with van der Waals surface area (Å²) in [4.78, 5) is 0. The molecule has 0 bridgehead atoms. The maximum Gasteiger partial charge on any atom is 0.183 e. The van der Waals surface area contributed by atoms with Crippen molar-refractivity contribution in [1.82, 2.24) is 0 Å². The molecule has 0 aliphatic carbocycles. The van der Waals surface area contributed by atoms with Gasteiger partial charge in [-0.15, -0.1) is 12.6 Å². The second kappa shape index (κ2) is 1.86. The van der Waals surface area contributed by atoms with Gasteiger partial charge in [0.25, 0.3) is 0 Å². The quantitative estimate of drug-likeness (QED) is 0.469. The average Bonchev–Trinajstić information content (AvgIpc) is 1.68. The van der Waals surface area contributed by atoms with Crippen molar-refractivity contribution in [3.8, 4) is 12.1 Å². The summed E-state index contributed by atoms with van der Waals surface area (Å²) in [5, 5.41) is 16.1. The van der Waals surface area contributed by atoms with Crippen molar-refractivity contribution in [3.63, 3.8) is 0 Å². The molecule has 2 nitrogen and oxygen atoms in total. The summed E-state index contributed by atoms with van der Waals surface area (Å²) in [7, 11) is 0. The number of rotatable bonds is 0. The number of thiol groups is 1. The Balaban J connectivity index is 4.00. The summed E-state index contributed by atoms with van der Waals surface area (Å²) in [6, 6.07) is 3.39. The zero-order chi connectivity index (χ0) is 5.91. The van der Waals surface area contributed by atoms with Crippen LogP contribution in [0.5, 0.6) is 0 Å². The van der Waals surface area contributed by atoms with E-state index in [2.05, 4.69) is 12.6 Å². The average molecular weight is 112 g/mol. The molecule has 0 aliphatic rings. The zero-order valence-electron chi connectivity index (χ0n) is 3.84. The van der Waals surface area contributed by atoms with Gasteiger partial charge in [0.1, 0.15) is 0 Å². The van der Waals surface area contributed by atoms with Crippen LogP contribution in [0, 0.1) is 22.7 Å². The van der Waals surface area contributed by atoms with E-state index in [0.29, 0.717) is 0 Å². The van der Waals surface area contributed by atoms with Crippen molar-refractivity contribution in [2.75, 3.05) is 0 Å². The summed E-state index contributed by atoms with van der Waals surface area (Å²) in [5.41, 5.74) is 0. The molecule has 0 spiro atoms. The highest BCUT2D eigenvalue weighted by Crippen LogP contribution is 2.07. The Morgan fingerprint density at radius 1 is 1.43 bits per heavy atom. The van der Waals surface area contributed by atoms with E-state index in [9.17, 15) is 0 Å². The molecule has 0 heterocycles. The van der Waals surface area contributed by atoms with E-state index in [-0.39, 0.29) is 0 Å². The predicted molar refractivity (Wildman–Crippen MR) is 28.6 cm³/mol. The van der Waals surface area contributed by atoms with Gasteiger partial charge in [0.05, 0.1) is 12.1 Å². The Kier molecular flexibility index (Phi) is 1.68. The molecule has 0 aromatic carbocycles. The molecule has 0 saturated carbocycles. The van der Waals surface area contributed by atoms with E-state index in [4.69, 9.17) is 10.5 Å². The van der Waals surface area contributed by atoms with Crippen molar-refractivity contribution >= 4 is 12.6 Å². The second-order valence-corrected chi connectivity index (χ2v) is 2.19. The lowest BCUT2D eigenvalue weighted by Crippen LogP contribution is -2.07. The van der Waals surface area contributed by atoms with Gasteiger partial charge in [-0.3, -0.25) is 0 Å². The first kappa shape index (κ1) is 6.33. The molecule has 0 aromatic heterocycles. The van der Waals surface area contributed by atoms with Crippen LogP contribution in [-0.4, -0.2) is 4.75 Å². The highest BCUT2D eigenvalue weighted by atomic mass is 32.1. The molecule has 0 N–H and O–H groups in total. The summed E-state index contributed by atoms with van der Waals surface area (Å²) >= 11 is 3.66. The van der Waals surface area contributed by atoms with Gasteiger partial charge >= 0.3 is 0 Å². The van der Waals surface area contributed by atoms with E-state index in [1.54, 1.807) is 12.1 Å². The molecule has 7 heavy (non-hydrogen) atoms. The molecule has 0 rings (SSSR count). The second-order valence-electron chi connectivity index (χ2n) is 1.30. The molecule has 0 radical (unpaired) electrons. The minimum Gasteiger partial charge on any atom is -0.196 e. The van der Waals surface area contributed by atoms with E-state index in [0.717, 1.165) is 0 Å². The third-order valence-corrected chi connectivity index (χ3v) is 0.635. The van der Waals surface area contributed by atoms with Crippen molar-refractivity contribution in [2.45, 2.75) is 11.7 Å². The van der Waals surface area contributed by atoms with Crippen LogP contribution >= 0.6 is 12.6 Å². The molecular formula is C4H4N2S. The van der Waals surface area contributed by atoms with Crippen molar-refractivity contribution in [2.24, 2.45) is 0 Å². The van der Waals surface area contributed by atoms with Crippen LogP contribution in [0.3, 0.4) is 0 Å². The SMILES string of the molecule is CC(S)(C#N)C#N. The molecule has 0 aliphatic heterocycles. The fourth-order valence-electron chi connectivity index (χ4n) is 0.0250. The van der Waals surface area contributed by atoms with E-state index in [1.807, 2.05) is 0 Å². The van der Waals surface area contributed by atoms with Gasteiger partial charge < -0.3 is 0 Å². The van der Waals surface area contributed by atoms with Gasteiger partial charge in [-0.1, -0.05) is 0 Å². The van der Waals surface area contributed by atoms with Crippen molar-refractivity contribution < 1.29 is 0 Å². The maximum absolute atomic E-state index is 8.05. The molecule has 0 saturated heterocycles. The normalized spacial score (nSPS) is 9.14. The Hall–Kier alpha value is -0.670. The van der Waals surface area contributed by atoms with Crippen LogP contribution in [0.1, 0.15) is 6.92 Å². The molecule has 0 aromatic rings. The predicted octanol–water partition coefficient (Wildman–Crippen LogP) is 0.722. The number of nitrogens with zero attached hydrogens (tertiary/aromatic N) is 2. The minimum absolute atomic E-state index is 1.11. The molecular weight excluding hydrogens is 108 g/mol. The van der Waals surface area contributed by atoms with Gasteiger partial charge in [0.2, 0.25) is 0 Å². The first-order valence-corrected chi connectivity index (χ1v) is 2.12. The highest BCUT2D eigenvalue weighted by Gasteiger charge is 2.14. The first-order valence-electron chi connectivity index (χ1n) is 1.67. The van der Waals surface area contributed by atoms with Crippen molar-refractivity contribution in [3.05, 3.63) is 0 Å². The Bertz CT molecular complexity index is 121. The first-order chi connectivity index (χ1) is 3.12. The van der Waals surface area contributed by atoms with Crippen LogP contribution in [0.4, 0.5) is 0 Å². The van der Waals surface area contributed by atoms with Crippen molar-refractivity contribution in [1.29, 1.82) is 10.5 Å². The third-order valence-electron chi connectivity index (χ3n) is 0.435. The fourth-order valence-corrected chi connectivity index (χ4v) is 0.0250. The summed E-state index contributed by atoms with van der Waals surface area (Å²) in [6.07, 6.45) is 0. The standard InChI is InChI=1S/C4H4N2S/c1-4(7,2-5)3-6/h7H,1H3. The van der Waals surface area contributed by atoms with Gasteiger partial charge in [0.15, 0.2) is 4.75 Å². The summed E-state index contributed by atoms with van der Waals surface area (Å²) in [5.74, 6) is 0. The van der Waals surface area contributed by atoms with Gasteiger partial charge in [-0.25, -0.2) is 0 Å². The smallest absolute Gasteiger partial charge is 0.183 e. The highest BCUT2D eigenvalue weighted by molar-refractivity contribution is 7.82. The molecule has 0 amide bonds. The Morgan fingerprint density at radius 2 is 1.71 bits per heavy atom. The Morgan fingerprint density at radius 3 is 1.71 bits per heavy atom. The Labute approximate surface area is 47.8 Å². The van der Waals surface area contributed by atoms with Crippen LogP contribution in [0.2, 0.25) is 0 Å². The fraction of sp³-hybridized carbons (Fsp3) is 0.500. The summed E-state index contributed by atoms with van der Waals surface area (Å²) in [6.45, 7) is 1.44. The number of hydrogen-bond donors (Lipinski definition) is 1. The molecule has 0 atom stereocenters. The maximum atomic E-state index is 8.05. The monoisotopic (exact) mass is 112 g/mol. The van der Waals surface area contributed by atoms with Gasteiger partial charge in [0, 0.05) is 0 Å². The number of hydrogen-bond acceptors (Lipinski definition) is 3. The molecule has 0 fully saturated rings. The molecule has 3 heteroatoms. The molecule has 0 unspecified atom stereocenters. The number of nitriles is 2. The molecule has 36 valence electrons. The van der Waals surface area contributed by atoms with E-state index in [1.165, 1.54) is 6.92 Å². The largest absolute Gasteiger partial charge is 0.196 e. The zero-order valence-corrected chi connectivity index (χ0v) is 4.74. The van der Waals surface area contributed by atoms with Gasteiger partial charge in [-0.2, -0.15) is 10.5 Å². The summed E-state index contributed by atoms with van der Waals surface area (Å²) < 4.78 is -1.11. The van der Waals surface area contributed by atoms with E-state index < -0.39 is 4.75 Å². The van der Waals surface area contributed by atoms with Crippen LogP contribution in [0.25, 0.3) is 0 Å².